The molecule has 0 radical (unpaired) electrons. The van der Waals surface area contributed by atoms with E-state index < -0.39 is 21.5 Å². The summed E-state index contributed by atoms with van der Waals surface area (Å²) in [7, 11) is -3.23. The largest absolute Gasteiger partial charge is 0.352 e. The molecule has 6 heteroatoms. The van der Waals surface area contributed by atoms with Crippen molar-refractivity contribution < 1.29 is 13.2 Å². The molecule has 0 aliphatic rings. The third-order valence-electron chi connectivity index (χ3n) is 1.15. The highest BCUT2D eigenvalue weighted by molar-refractivity contribution is 7.91. The molecule has 72 valence electrons. The van der Waals surface area contributed by atoms with Gasteiger partial charge in [0.1, 0.15) is 5.75 Å². The van der Waals surface area contributed by atoms with Gasteiger partial charge in [-0.25, -0.2) is 8.42 Å². The minimum absolute atomic E-state index is 0.181. The molecular weight excluding hydrogens is 180 g/mol. The Morgan fingerprint density at radius 3 is 2.42 bits per heavy atom. The quantitative estimate of drug-likeness (QED) is 0.569. The summed E-state index contributed by atoms with van der Waals surface area (Å²) in [4.78, 5) is 10.9. The van der Waals surface area contributed by atoms with Gasteiger partial charge in [0, 0.05) is 18.8 Å². The van der Waals surface area contributed by atoms with Crippen LogP contribution >= 0.6 is 0 Å². The first-order chi connectivity index (χ1) is 5.35. The molecule has 1 amide bonds. The molecule has 0 saturated heterocycles. The first-order valence-electron chi connectivity index (χ1n) is 3.52. The number of carbonyl (C=O) groups excluding carboxylic acids is 1. The molecule has 0 aromatic heterocycles. The van der Waals surface area contributed by atoms with Crippen LogP contribution in [-0.2, 0) is 14.6 Å². The van der Waals surface area contributed by atoms with Crippen LogP contribution in [-0.4, -0.2) is 38.9 Å². The van der Waals surface area contributed by atoms with Gasteiger partial charge in [0.2, 0.25) is 5.91 Å². The number of sulfone groups is 1. The number of hydrogen-bond donors (Lipinski definition) is 2. The fourth-order valence-electron chi connectivity index (χ4n) is 0.614. The van der Waals surface area contributed by atoms with Crippen LogP contribution in [0.25, 0.3) is 0 Å². The maximum absolute atomic E-state index is 10.9. The van der Waals surface area contributed by atoms with Gasteiger partial charge >= 0.3 is 0 Å². The maximum atomic E-state index is 10.9. The molecule has 12 heavy (non-hydrogen) atoms. The molecule has 0 aromatic rings. The number of hydrogen-bond acceptors (Lipinski definition) is 4. The normalized spacial score (nSPS) is 13.9. The van der Waals surface area contributed by atoms with E-state index in [0.717, 1.165) is 6.26 Å². The summed E-state index contributed by atoms with van der Waals surface area (Å²) in [6, 6.07) is -0.181. The van der Waals surface area contributed by atoms with Crippen LogP contribution in [0.1, 0.15) is 6.92 Å². The van der Waals surface area contributed by atoms with Crippen LogP contribution in [0.4, 0.5) is 0 Å². The highest BCUT2D eigenvalue weighted by Crippen LogP contribution is 1.84. The molecule has 0 aromatic carbocycles. The summed E-state index contributed by atoms with van der Waals surface area (Å²) < 4.78 is 21.2. The minimum atomic E-state index is -3.23. The van der Waals surface area contributed by atoms with Crippen molar-refractivity contribution in [2.75, 3.05) is 18.6 Å². The summed E-state index contributed by atoms with van der Waals surface area (Å²) in [5.41, 5.74) is 5.22. The molecule has 0 saturated carbocycles. The zero-order chi connectivity index (χ0) is 9.78. The zero-order valence-electron chi connectivity index (χ0n) is 7.20. The second-order valence-electron chi connectivity index (χ2n) is 2.77. The Kier molecular flexibility index (Phi) is 4.19. The number of nitrogens with one attached hydrogen (secondary N) is 1. The van der Waals surface area contributed by atoms with Crippen LogP contribution < -0.4 is 11.1 Å². The van der Waals surface area contributed by atoms with Gasteiger partial charge in [-0.2, -0.15) is 0 Å². The van der Waals surface area contributed by atoms with E-state index in [4.69, 9.17) is 5.73 Å². The van der Waals surface area contributed by atoms with Crippen molar-refractivity contribution in [1.82, 2.24) is 5.32 Å². The van der Waals surface area contributed by atoms with Crippen molar-refractivity contribution in [3.8, 4) is 0 Å². The molecule has 1 atom stereocenters. The second-order valence-corrected chi connectivity index (χ2v) is 4.91. The predicted molar refractivity (Wildman–Crippen MR) is 46.4 cm³/mol. The highest BCUT2D eigenvalue weighted by atomic mass is 32.2. The lowest BCUT2D eigenvalue weighted by atomic mass is 10.3. The monoisotopic (exact) mass is 194 g/mol. The summed E-state index contributed by atoms with van der Waals surface area (Å²) >= 11 is 0. The van der Waals surface area contributed by atoms with Gasteiger partial charge in [-0.1, -0.05) is 0 Å². The third-order valence-corrected chi connectivity index (χ3v) is 1.94. The van der Waals surface area contributed by atoms with E-state index in [-0.39, 0.29) is 6.04 Å². The SMILES string of the molecule is C[C@H](CN)NC(=O)CS(C)(=O)=O. The fourth-order valence-corrected chi connectivity index (χ4v) is 1.17. The molecule has 0 aliphatic heterocycles. The molecule has 0 unspecified atom stereocenters. The maximum Gasteiger partial charge on any atom is 0.235 e. The average molecular weight is 194 g/mol. The van der Waals surface area contributed by atoms with E-state index in [9.17, 15) is 13.2 Å². The Bertz CT molecular complexity index is 248. The van der Waals surface area contributed by atoms with Gasteiger partial charge in [-0.15, -0.1) is 0 Å². The number of amides is 1. The second kappa shape index (κ2) is 4.42. The molecule has 0 aliphatic carbocycles. The molecule has 0 heterocycles. The first-order valence-corrected chi connectivity index (χ1v) is 5.58. The number of carbonyl (C=O) groups is 1. The van der Waals surface area contributed by atoms with E-state index in [1.165, 1.54) is 0 Å². The predicted octanol–water partition coefficient (Wildman–Crippen LogP) is -1.51. The lowest BCUT2D eigenvalue weighted by Gasteiger charge is -2.09. The van der Waals surface area contributed by atoms with Crippen molar-refractivity contribution in [2.24, 2.45) is 5.73 Å². The summed E-state index contributed by atoms with van der Waals surface area (Å²) in [6.07, 6.45) is 1.01. The smallest absolute Gasteiger partial charge is 0.235 e. The summed E-state index contributed by atoms with van der Waals surface area (Å²) in [5.74, 6) is -0.979. The van der Waals surface area contributed by atoms with Crippen molar-refractivity contribution in [2.45, 2.75) is 13.0 Å². The van der Waals surface area contributed by atoms with Crippen LogP contribution in [0.3, 0.4) is 0 Å². The lowest BCUT2D eigenvalue weighted by Crippen LogP contribution is -2.40. The van der Waals surface area contributed by atoms with Gasteiger partial charge in [-0.3, -0.25) is 4.79 Å². The molecule has 0 spiro atoms. The first kappa shape index (κ1) is 11.4. The Balaban J connectivity index is 3.92. The molecule has 3 N–H and O–H groups in total. The minimum Gasteiger partial charge on any atom is -0.352 e. The molecule has 0 rings (SSSR count). The molecule has 5 nitrogen and oxygen atoms in total. The van der Waals surface area contributed by atoms with Crippen molar-refractivity contribution >= 4 is 15.7 Å². The van der Waals surface area contributed by atoms with Crippen LogP contribution in [0, 0.1) is 0 Å². The van der Waals surface area contributed by atoms with Crippen LogP contribution in [0.5, 0.6) is 0 Å². The molecule has 0 fully saturated rings. The number of nitrogens with two attached hydrogens (primary N) is 1. The summed E-state index contributed by atoms with van der Waals surface area (Å²) in [5, 5.41) is 2.44. The van der Waals surface area contributed by atoms with Crippen LogP contribution in [0.2, 0.25) is 0 Å². The van der Waals surface area contributed by atoms with E-state index in [1.807, 2.05) is 0 Å². The van der Waals surface area contributed by atoms with Crippen molar-refractivity contribution in [1.29, 1.82) is 0 Å². The highest BCUT2D eigenvalue weighted by Gasteiger charge is 2.11. The Labute approximate surface area is 72.2 Å². The topological polar surface area (TPSA) is 89.3 Å². The van der Waals surface area contributed by atoms with Gasteiger partial charge < -0.3 is 11.1 Å². The summed E-state index contributed by atoms with van der Waals surface area (Å²) in [6.45, 7) is 2.01. The van der Waals surface area contributed by atoms with Gasteiger partial charge in [0.25, 0.3) is 0 Å². The van der Waals surface area contributed by atoms with Gasteiger partial charge in [0.05, 0.1) is 0 Å². The van der Waals surface area contributed by atoms with Crippen molar-refractivity contribution in [3.63, 3.8) is 0 Å². The lowest BCUT2D eigenvalue weighted by molar-refractivity contribution is -0.119. The average Bonchev–Trinajstić information content (AvgIpc) is 1.82. The Morgan fingerprint density at radius 2 is 2.08 bits per heavy atom. The van der Waals surface area contributed by atoms with Crippen molar-refractivity contribution in [3.05, 3.63) is 0 Å². The standard InChI is InChI=1S/C6H14N2O3S/c1-5(3-7)8-6(9)4-12(2,10)11/h5H,3-4,7H2,1-2H3,(H,8,9)/t5-/m1/s1. The van der Waals surface area contributed by atoms with Gasteiger partial charge in [0.15, 0.2) is 9.84 Å². The third kappa shape index (κ3) is 6.11. The van der Waals surface area contributed by atoms with Crippen LogP contribution in [0.15, 0.2) is 0 Å². The van der Waals surface area contributed by atoms with E-state index in [0.29, 0.717) is 6.54 Å². The van der Waals surface area contributed by atoms with E-state index >= 15 is 0 Å². The number of rotatable bonds is 4. The fraction of sp³-hybridized carbons (Fsp3) is 0.833. The zero-order valence-corrected chi connectivity index (χ0v) is 8.02. The van der Waals surface area contributed by atoms with E-state index in [1.54, 1.807) is 6.92 Å². The Morgan fingerprint density at radius 1 is 1.58 bits per heavy atom. The van der Waals surface area contributed by atoms with E-state index in [2.05, 4.69) is 5.32 Å². The molecule has 0 bridgehead atoms. The van der Waals surface area contributed by atoms with Gasteiger partial charge in [-0.05, 0) is 6.92 Å². The molecular formula is C6H14N2O3S. The Hall–Kier alpha value is -0.620.